The average Bonchev–Trinajstić information content (AvgIpc) is 3.23. The minimum atomic E-state index is -3.36. The molecule has 338 valence electrons. The molecule has 0 fully saturated rings. The summed E-state index contributed by atoms with van der Waals surface area (Å²) >= 11 is 25.0. The Morgan fingerprint density at radius 2 is 1.30 bits per heavy atom. The number of nitrogens with two attached hydrogens (primary N) is 2. The number of benzene rings is 3. The molecule has 13 nitrogen and oxygen atoms in total. The van der Waals surface area contributed by atoms with Gasteiger partial charge in [-0.3, -0.25) is 5.50 Å². The molecule has 0 saturated carbocycles. The van der Waals surface area contributed by atoms with E-state index >= 15 is 0 Å². The molecule has 0 saturated heterocycles. The number of thiol groups is 4. The third-order valence-electron chi connectivity index (χ3n) is 7.63. The molecule has 0 radical (unpaired) electrons. The van der Waals surface area contributed by atoms with Crippen LogP contribution >= 0.6 is 140 Å². The highest BCUT2D eigenvalue weighted by molar-refractivity contribution is 8.94. The first-order chi connectivity index (χ1) is 28.6. The van der Waals surface area contributed by atoms with Gasteiger partial charge in [-0.25, -0.2) is 10.0 Å². The lowest BCUT2D eigenvalue weighted by molar-refractivity contribution is 0.338. The smallest absolute Gasteiger partial charge is 0.355 e. The van der Waals surface area contributed by atoms with Gasteiger partial charge in [-0.2, -0.15) is 60.2 Å². The van der Waals surface area contributed by atoms with Crippen LogP contribution in [0.1, 0.15) is 25.0 Å². The van der Waals surface area contributed by atoms with Crippen LogP contribution in [0, 0.1) is 0 Å². The van der Waals surface area contributed by atoms with Crippen LogP contribution in [-0.2, 0) is 14.5 Å². The van der Waals surface area contributed by atoms with E-state index in [0.717, 1.165) is 45.6 Å². The molecular weight excluding hydrogens is 1030 g/mol. The standard InChI is InChI=1S/C33H57N7O6P6S8/c1-33(2,27-7-11-29(41)12-8-27)28-9-13-32(14-10-28)46-51(35,43-4)37-40(36-47(5)42-3)48(6)44-30-15-17-31(18-16-30)45-49(34)38-52(59-25-21-55,60-26-22-56)39-50(57-23-19-53)58-24-20-54/h7-18,36,41,49,53-56H,19-26,35H2,1-6H3,(H2,34,38). The quantitative estimate of drug-likeness (QED) is 0.0196. The molecule has 3 rings (SSSR count). The maximum absolute atomic E-state index is 9.76. The first-order valence-electron chi connectivity index (χ1n) is 18.0. The van der Waals surface area contributed by atoms with Crippen LogP contribution in [0.15, 0.2) is 86.7 Å². The van der Waals surface area contributed by atoms with Crippen molar-refractivity contribution in [3.63, 3.8) is 0 Å². The number of rotatable bonds is 28. The van der Waals surface area contributed by atoms with Crippen molar-refractivity contribution in [2.45, 2.75) is 19.3 Å². The molecular formula is C33H57N7O6P6S8. The lowest BCUT2D eigenvalue weighted by atomic mass is 9.78. The topological polar surface area (TPSA) is 171 Å². The molecule has 0 aliphatic heterocycles. The number of phenolic OH excluding ortho intramolecular Hbond substituents is 1. The van der Waals surface area contributed by atoms with Crippen LogP contribution in [-0.4, -0.2) is 83.6 Å². The van der Waals surface area contributed by atoms with Crippen molar-refractivity contribution < 1.29 is 27.7 Å². The van der Waals surface area contributed by atoms with Gasteiger partial charge in [-0.1, -0.05) is 88.5 Å². The summed E-state index contributed by atoms with van der Waals surface area (Å²) < 4.78 is 40.7. The summed E-state index contributed by atoms with van der Waals surface area (Å²) in [6, 6.07) is 22.1. The van der Waals surface area contributed by atoms with Crippen molar-refractivity contribution in [1.29, 1.82) is 0 Å². The number of nitrogens with zero attached hydrogens (tertiary/aromatic N) is 4. The molecule has 0 spiro atoms. The van der Waals surface area contributed by atoms with E-state index in [-0.39, 0.29) is 11.2 Å². The third-order valence-corrected chi connectivity index (χ3v) is 33.5. The Morgan fingerprint density at radius 1 is 0.800 bits per heavy atom. The summed E-state index contributed by atoms with van der Waals surface area (Å²) in [5, 5.41) is 13.0. The van der Waals surface area contributed by atoms with Gasteiger partial charge in [0.2, 0.25) is 0 Å². The van der Waals surface area contributed by atoms with Crippen LogP contribution < -0.4 is 29.8 Å². The van der Waals surface area contributed by atoms with Crippen molar-refractivity contribution in [2.75, 3.05) is 73.6 Å². The lowest BCUT2D eigenvalue weighted by Crippen LogP contribution is -2.27. The molecule has 6 N–H and O–H groups in total. The second kappa shape index (κ2) is 29.2. The van der Waals surface area contributed by atoms with Crippen LogP contribution in [0.2, 0.25) is 0 Å². The van der Waals surface area contributed by atoms with E-state index in [1.165, 1.54) is 12.0 Å². The average molecular weight is 1090 g/mol. The van der Waals surface area contributed by atoms with Crippen LogP contribution in [0.5, 0.6) is 23.0 Å². The van der Waals surface area contributed by atoms with Crippen LogP contribution in [0.25, 0.3) is 0 Å². The van der Waals surface area contributed by atoms with Crippen molar-refractivity contribution in [2.24, 2.45) is 24.9 Å². The Morgan fingerprint density at radius 3 is 1.80 bits per heavy atom. The summed E-state index contributed by atoms with van der Waals surface area (Å²) in [7, 11) is -5.08. The number of phenols is 1. The molecule has 60 heavy (non-hydrogen) atoms. The summed E-state index contributed by atoms with van der Waals surface area (Å²) in [4.78, 5) is 6.26. The predicted octanol–water partition coefficient (Wildman–Crippen LogP) is 13.4. The van der Waals surface area contributed by atoms with Crippen LogP contribution in [0.3, 0.4) is 0 Å². The number of aromatic hydroxyl groups is 1. The summed E-state index contributed by atoms with van der Waals surface area (Å²) in [5.74, 6) is 8.21. The maximum Gasteiger partial charge on any atom is 0.355 e. The highest BCUT2D eigenvalue weighted by atomic mass is 33.1. The first kappa shape index (κ1) is 55.7. The van der Waals surface area contributed by atoms with Crippen molar-refractivity contribution >= 4 is 140 Å². The van der Waals surface area contributed by atoms with Gasteiger partial charge >= 0.3 is 7.66 Å². The molecule has 3 aromatic carbocycles. The Hall–Kier alpha value is 1.40. The zero-order valence-electron chi connectivity index (χ0n) is 34.2. The van der Waals surface area contributed by atoms with E-state index in [2.05, 4.69) is 69.6 Å². The van der Waals surface area contributed by atoms with Gasteiger partial charge in [0.15, 0.2) is 22.0 Å². The molecule has 0 amide bonds. The minimum absolute atomic E-state index is 0.224. The van der Waals surface area contributed by atoms with Gasteiger partial charge in [-0.15, -0.1) is 4.85 Å². The number of hydrogen-bond donors (Lipinski definition) is 8. The number of nitrogens with one attached hydrogen (secondary N) is 1. The summed E-state index contributed by atoms with van der Waals surface area (Å²) in [5.41, 5.74) is 12.8. The second-order valence-electron chi connectivity index (χ2n) is 12.3. The van der Waals surface area contributed by atoms with Gasteiger partial charge in [-0.05, 0) is 89.3 Å². The fraction of sp³-hybridized carbons (Fsp3) is 0.455. The molecule has 0 aliphatic rings. The zero-order chi connectivity index (χ0) is 44.2. The zero-order valence-corrected chi connectivity index (χ0v) is 46.5. The summed E-state index contributed by atoms with van der Waals surface area (Å²) in [6.45, 7) is 7.23. The number of hydrazine groups is 1. The van der Waals surface area contributed by atoms with E-state index in [0.29, 0.717) is 28.8 Å². The second-order valence-corrected chi connectivity index (χ2v) is 35.1. The highest BCUT2D eigenvalue weighted by Crippen LogP contribution is 2.81. The van der Waals surface area contributed by atoms with E-state index in [9.17, 15) is 5.11 Å². The van der Waals surface area contributed by atoms with Crippen molar-refractivity contribution in [3.8, 4) is 23.0 Å². The fourth-order valence-corrected chi connectivity index (χ4v) is 33.4. The molecule has 27 heteroatoms. The van der Waals surface area contributed by atoms with Gasteiger partial charge in [0.1, 0.15) is 37.8 Å². The normalized spacial score (nSPS) is 14.8. The molecule has 3 aromatic rings. The molecule has 4 atom stereocenters. The Kier molecular flexibility index (Phi) is 27.1. The Labute approximate surface area is 399 Å². The maximum atomic E-state index is 9.76. The van der Waals surface area contributed by atoms with Gasteiger partial charge < -0.3 is 27.7 Å². The van der Waals surface area contributed by atoms with Gasteiger partial charge in [0.05, 0.1) is 0 Å². The highest BCUT2D eigenvalue weighted by Gasteiger charge is 2.28. The number of hydrogen-bond acceptors (Lipinski definition) is 17. The van der Waals surface area contributed by atoms with Gasteiger partial charge in [0.25, 0.3) is 0 Å². The fourth-order valence-electron chi connectivity index (χ4n) is 4.58. The van der Waals surface area contributed by atoms with E-state index in [4.69, 9.17) is 47.5 Å². The largest absolute Gasteiger partial charge is 0.508 e. The third kappa shape index (κ3) is 19.3. The van der Waals surface area contributed by atoms with Crippen molar-refractivity contribution in [1.82, 2.24) is 10.1 Å². The van der Waals surface area contributed by atoms with E-state index in [1.54, 1.807) is 42.0 Å². The molecule has 0 aliphatic carbocycles. The lowest BCUT2D eigenvalue weighted by Gasteiger charge is -2.29. The molecule has 0 bridgehead atoms. The van der Waals surface area contributed by atoms with Crippen molar-refractivity contribution in [3.05, 3.63) is 83.9 Å². The summed E-state index contributed by atoms with van der Waals surface area (Å²) in [6.07, 6.45) is 0. The predicted molar refractivity (Wildman–Crippen MR) is 290 cm³/mol. The Bertz CT molecular complexity index is 1850. The molecule has 4 unspecified atom stereocenters. The molecule has 0 aromatic heterocycles. The molecule has 0 heterocycles. The SMILES string of the molecule is COP(C)NN(N=P(N)(OC)Oc1ccc(C(C)(C)c2ccc(O)cc2)cc1)P(C)Oc1ccc(O/[PH](N)=N/P(=NP(SCCS)SCCS)(SCCS)SCCS)cc1. The monoisotopic (exact) mass is 1090 g/mol. The van der Waals surface area contributed by atoms with E-state index in [1.807, 2.05) is 96.8 Å². The minimum Gasteiger partial charge on any atom is -0.508 e. The Balaban J connectivity index is 1.83. The van der Waals surface area contributed by atoms with E-state index < -0.39 is 44.4 Å². The first-order valence-corrected chi connectivity index (χ1v) is 36.3. The van der Waals surface area contributed by atoms with Crippen LogP contribution in [0.4, 0.5) is 0 Å². The van der Waals surface area contributed by atoms with Gasteiger partial charge in [0, 0.05) is 49.3 Å².